The Kier molecular flexibility index (Phi) is 12.3. The molecule has 3 atom stereocenters. The highest BCUT2D eigenvalue weighted by Gasteiger charge is 2.39. The third-order valence-corrected chi connectivity index (χ3v) is 10.6. The monoisotopic (exact) mass is 456 g/mol. The predicted molar refractivity (Wildman–Crippen MR) is 127 cm³/mol. The molecule has 0 aliphatic heterocycles. The summed E-state index contributed by atoms with van der Waals surface area (Å²) in [6.45, 7) is 14.7. The molecule has 0 spiro atoms. The third-order valence-electron chi connectivity index (χ3n) is 6.10. The molecular weight excluding hydrogens is 412 g/mol. The molecular formula is C24H44O6Si. The molecule has 0 amide bonds. The van der Waals surface area contributed by atoms with Crippen molar-refractivity contribution in [2.45, 2.75) is 77.5 Å². The number of ether oxygens (including phenoxy) is 4. The molecule has 0 unspecified atom stereocenters. The standard InChI is InChI=1S/C24H44O6Si/c1-19(16-25)23(29-18-26-5)15-22(30-31(7,8)24(2,3)4)13-14-28-17-20-9-11-21(27-6)12-10-20/h9-12,19,22-23,25H,13-18H2,1-8H3/t19-,22-,23-/m1/s1. The molecule has 7 heteroatoms. The van der Waals surface area contributed by atoms with Crippen molar-refractivity contribution in [3.8, 4) is 5.75 Å². The molecule has 31 heavy (non-hydrogen) atoms. The van der Waals surface area contributed by atoms with Crippen LogP contribution in [-0.2, 0) is 25.2 Å². The SMILES string of the molecule is COCO[C@H](C[C@@H](CCOCc1ccc(OC)cc1)O[Si](C)(C)C(C)(C)C)[C@H](C)CO. The van der Waals surface area contributed by atoms with E-state index in [2.05, 4.69) is 33.9 Å². The van der Waals surface area contributed by atoms with Gasteiger partial charge in [-0.2, -0.15) is 0 Å². The van der Waals surface area contributed by atoms with Crippen molar-refractivity contribution in [3.05, 3.63) is 29.8 Å². The minimum absolute atomic E-state index is 0.000818. The molecule has 0 fully saturated rings. The predicted octanol–water partition coefficient (Wildman–Crippen LogP) is 5.00. The topological polar surface area (TPSA) is 66.4 Å². The summed E-state index contributed by atoms with van der Waals surface area (Å²) in [6.07, 6.45) is 1.32. The summed E-state index contributed by atoms with van der Waals surface area (Å²) < 4.78 is 28.9. The van der Waals surface area contributed by atoms with Gasteiger partial charge in [-0.25, -0.2) is 0 Å². The number of hydrogen-bond donors (Lipinski definition) is 1. The van der Waals surface area contributed by atoms with E-state index in [-0.39, 0.29) is 36.6 Å². The molecule has 0 saturated heterocycles. The van der Waals surface area contributed by atoms with Crippen LogP contribution >= 0.6 is 0 Å². The summed E-state index contributed by atoms with van der Waals surface area (Å²) in [6, 6.07) is 7.91. The van der Waals surface area contributed by atoms with E-state index in [4.69, 9.17) is 23.4 Å². The third kappa shape index (κ3) is 10.0. The van der Waals surface area contributed by atoms with E-state index in [1.807, 2.05) is 31.2 Å². The lowest BCUT2D eigenvalue weighted by molar-refractivity contribution is -0.108. The van der Waals surface area contributed by atoms with E-state index in [9.17, 15) is 5.11 Å². The van der Waals surface area contributed by atoms with Crippen LogP contribution < -0.4 is 4.74 Å². The van der Waals surface area contributed by atoms with Gasteiger partial charge >= 0.3 is 0 Å². The maximum Gasteiger partial charge on any atom is 0.192 e. The number of hydrogen-bond acceptors (Lipinski definition) is 6. The maximum absolute atomic E-state index is 9.67. The van der Waals surface area contributed by atoms with Crippen LogP contribution in [0.5, 0.6) is 5.75 Å². The van der Waals surface area contributed by atoms with Crippen molar-refractivity contribution >= 4 is 8.32 Å². The van der Waals surface area contributed by atoms with Crippen molar-refractivity contribution in [1.82, 2.24) is 0 Å². The Morgan fingerprint density at radius 3 is 2.23 bits per heavy atom. The first-order chi connectivity index (χ1) is 14.5. The number of aliphatic hydroxyl groups is 1. The molecule has 0 saturated carbocycles. The Labute approximate surface area is 190 Å². The van der Waals surface area contributed by atoms with Gasteiger partial charge in [0.1, 0.15) is 12.5 Å². The van der Waals surface area contributed by atoms with Crippen LogP contribution in [0.4, 0.5) is 0 Å². The molecule has 180 valence electrons. The van der Waals surface area contributed by atoms with Gasteiger partial charge in [0.15, 0.2) is 8.32 Å². The summed E-state index contributed by atoms with van der Waals surface area (Å²) in [5.74, 6) is 0.840. The zero-order valence-electron chi connectivity index (χ0n) is 20.8. The number of methoxy groups -OCH3 is 2. The van der Waals surface area contributed by atoms with Crippen molar-refractivity contribution in [2.75, 3.05) is 34.2 Å². The zero-order chi connectivity index (χ0) is 23.5. The van der Waals surface area contributed by atoms with Crippen LogP contribution in [0.25, 0.3) is 0 Å². The largest absolute Gasteiger partial charge is 0.497 e. The fourth-order valence-corrected chi connectivity index (χ4v) is 4.34. The van der Waals surface area contributed by atoms with Crippen LogP contribution in [0.1, 0.15) is 46.1 Å². The number of benzene rings is 1. The molecule has 0 heterocycles. The summed E-state index contributed by atoms with van der Waals surface area (Å²) in [5.41, 5.74) is 1.11. The van der Waals surface area contributed by atoms with Gasteiger partial charge in [0.2, 0.25) is 0 Å². The second-order valence-corrected chi connectivity index (χ2v) is 14.5. The minimum atomic E-state index is -1.96. The molecule has 0 radical (unpaired) electrons. The van der Waals surface area contributed by atoms with E-state index >= 15 is 0 Å². The van der Waals surface area contributed by atoms with Gasteiger partial charge in [-0.15, -0.1) is 0 Å². The Bertz CT molecular complexity index is 599. The van der Waals surface area contributed by atoms with E-state index in [0.717, 1.165) is 17.7 Å². The molecule has 0 aromatic heterocycles. The van der Waals surface area contributed by atoms with Crippen LogP contribution in [0.3, 0.4) is 0 Å². The number of rotatable bonds is 15. The molecule has 1 N–H and O–H groups in total. The second-order valence-electron chi connectivity index (χ2n) is 9.70. The van der Waals surface area contributed by atoms with Gasteiger partial charge in [-0.1, -0.05) is 39.8 Å². The average molecular weight is 457 g/mol. The second kappa shape index (κ2) is 13.6. The quantitative estimate of drug-likeness (QED) is 0.228. The van der Waals surface area contributed by atoms with Crippen molar-refractivity contribution in [3.63, 3.8) is 0 Å². The Balaban J connectivity index is 2.75. The molecule has 1 aromatic rings. The van der Waals surface area contributed by atoms with Gasteiger partial charge < -0.3 is 28.5 Å². The van der Waals surface area contributed by atoms with Gasteiger partial charge in [-0.05, 0) is 48.7 Å². The molecule has 0 aliphatic rings. The van der Waals surface area contributed by atoms with Gasteiger partial charge in [0.25, 0.3) is 0 Å². The minimum Gasteiger partial charge on any atom is -0.497 e. The van der Waals surface area contributed by atoms with Gasteiger partial charge in [0.05, 0.1) is 19.8 Å². The molecule has 1 rings (SSSR count). The van der Waals surface area contributed by atoms with Crippen LogP contribution in [-0.4, -0.2) is 59.9 Å². The fourth-order valence-electron chi connectivity index (χ4n) is 2.94. The normalized spacial score (nSPS) is 15.5. The molecule has 1 aromatic carbocycles. The summed E-state index contributed by atoms with van der Waals surface area (Å²) in [4.78, 5) is 0. The Hall–Kier alpha value is -0.963. The Morgan fingerprint density at radius 2 is 1.71 bits per heavy atom. The van der Waals surface area contributed by atoms with E-state index in [1.54, 1.807) is 14.2 Å². The van der Waals surface area contributed by atoms with Crippen molar-refractivity contribution in [1.29, 1.82) is 0 Å². The summed E-state index contributed by atoms with van der Waals surface area (Å²) >= 11 is 0. The summed E-state index contributed by atoms with van der Waals surface area (Å²) in [5, 5.41) is 9.78. The van der Waals surface area contributed by atoms with Crippen molar-refractivity contribution in [2.24, 2.45) is 5.92 Å². The van der Waals surface area contributed by atoms with Gasteiger partial charge in [-0.3, -0.25) is 0 Å². The highest BCUT2D eigenvalue weighted by molar-refractivity contribution is 6.74. The molecule has 0 aliphatic carbocycles. The average Bonchev–Trinajstić information content (AvgIpc) is 2.72. The smallest absolute Gasteiger partial charge is 0.192 e. The molecule has 0 bridgehead atoms. The first-order valence-corrected chi connectivity index (χ1v) is 14.0. The first-order valence-electron chi connectivity index (χ1n) is 11.1. The maximum atomic E-state index is 9.67. The highest BCUT2D eigenvalue weighted by Crippen LogP contribution is 2.38. The van der Waals surface area contributed by atoms with Gasteiger partial charge in [0, 0.05) is 32.3 Å². The summed E-state index contributed by atoms with van der Waals surface area (Å²) in [7, 11) is 1.31. The van der Waals surface area contributed by atoms with E-state index in [1.165, 1.54) is 0 Å². The fraction of sp³-hybridized carbons (Fsp3) is 0.750. The van der Waals surface area contributed by atoms with Crippen LogP contribution in [0, 0.1) is 5.92 Å². The van der Waals surface area contributed by atoms with Crippen molar-refractivity contribution < 1.29 is 28.5 Å². The lowest BCUT2D eigenvalue weighted by atomic mass is 9.98. The Morgan fingerprint density at radius 1 is 1.06 bits per heavy atom. The lowest BCUT2D eigenvalue weighted by Crippen LogP contribution is -2.45. The number of aliphatic hydroxyl groups excluding tert-OH is 1. The van der Waals surface area contributed by atoms with Crippen LogP contribution in [0.2, 0.25) is 18.1 Å². The highest BCUT2D eigenvalue weighted by atomic mass is 28.4. The first kappa shape index (κ1) is 28.1. The molecule has 6 nitrogen and oxygen atoms in total. The lowest BCUT2D eigenvalue weighted by Gasteiger charge is -2.40. The zero-order valence-corrected chi connectivity index (χ0v) is 21.8. The van der Waals surface area contributed by atoms with Crippen LogP contribution in [0.15, 0.2) is 24.3 Å². The van der Waals surface area contributed by atoms with E-state index < -0.39 is 8.32 Å². The van der Waals surface area contributed by atoms with E-state index in [0.29, 0.717) is 19.6 Å².